The van der Waals surface area contributed by atoms with Gasteiger partial charge < -0.3 is 5.32 Å². The van der Waals surface area contributed by atoms with Gasteiger partial charge in [-0.15, -0.1) is 0 Å². The van der Waals surface area contributed by atoms with E-state index in [-0.39, 0.29) is 21.9 Å². The number of hydrogen-bond donors (Lipinski definition) is 1. The maximum absolute atomic E-state index is 13.4. The van der Waals surface area contributed by atoms with Crippen molar-refractivity contribution in [3.05, 3.63) is 63.6 Å². The Bertz CT molecular complexity index is 576. The molecule has 5 heteroatoms. The molecule has 2 aromatic rings. The smallest absolute Gasteiger partial charge is 0.160 e. The maximum atomic E-state index is 13.4. The van der Waals surface area contributed by atoms with E-state index in [1.165, 1.54) is 24.3 Å². The molecule has 2 rings (SSSR count). The second-order valence-corrected chi connectivity index (χ2v) is 5.22. The van der Waals surface area contributed by atoms with Crippen molar-refractivity contribution in [1.29, 1.82) is 0 Å². The highest BCUT2D eigenvalue weighted by Gasteiger charge is 2.12. The number of hydrogen-bond acceptors (Lipinski definition) is 1. The van der Waals surface area contributed by atoms with E-state index in [4.69, 9.17) is 23.2 Å². The molecule has 2 aromatic carbocycles. The zero-order chi connectivity index (χ0) is 14.7. The molecular formula is C15H13Cl2F2N. The Morgan fingerprint density at radius 2 is 1.60 bits per heavy atom. The monoisotopic (exact) mass is 315 g/mol. The third-order valence-electron chi connectivity index (χ3n) is 3.01. The predicted octanol–water partition coefficient (Wildman–Crippen LogP) is 5.83. The summed E-state index contributed by atoms with van der Waals surface area (Å²) >= 11 is 11.5. The van der Waals surface area contributed by atoms with Crippen LogP contribution >= 0.6 is 23.2 Å². The molecule has 0 amide bonds. The van der Waals surface area contributed by atoms with Gasteiger partial charge in [-0.3, -0.25) is 0 Å². The normalized spacial score (nSPS) is 12.2. The Morgan fingerprint density at radius 3 is 2.10 bits per heavy atom. The molecule has 0 fully saturated rings. The molecular weight excluding hydrogens is 303 g/mol. The fourth-order valence-corrected chi connectivity index (χ4v) is 2.44. The maximum Gasteiger partial charge on any atom is 0.160 e. The lowest BCUT2D eigenvalue weighted by atomic mass is 10.0. The number of benzene rings is 2. The van der Waals surface area contributed by atoms with E-state index < -0.39 is 5.82 Å². The Kier molecular flexibility index (Phi) is 4.84. The van der Waals surface area contributed by atoms with Crippen LogP contribution in [0.5, 0.6) is 0 Å². The average molecular weight is 316 g/mol. The van der Waals surface area contributed by atoms with Gasteiger partial charge in [0.25, 0.3) is 0 Å². The molecule has 1 unspecified atom stereocenters. The summed E-state index contributed by atoms with van der Waals surface area (Å²) in [7, 11) is 0. The summed E-state index contributed by atoms with van der Waals surface area (Å²) in [6.45, 7) is 1.99. The van der Waals surface area contributed by atoms with Crippen LogP contribution in [0.2, 0.25) is 10.0 Å². The molecule has 0 aromatic heterocycles. The SMILES string of the molecule is CCC(Nc1cc(Cl)c(F)c(Cl)c1)c1ccc(F)cc1. The molecule has 0 saturated carbocycles. The van der Waals surface area contributed by atoms with Gasteiger partial charge in [-0.25, -0.2) is 8.78 Å². The molecule has 0 bridgehead atoms. The standard InChI is InChI=1S/C15H13Cl2F2N/c1-2-14(9-3-5-10(18)6-4-9)20-11-7-12(16)15(19)13(17)8-11/h3-8,14,20H,2H2,1H3. The summed E-state index contributed by atoms with van der Waals surface area (Å²) in [4.78, 5) is 0. The minimum Gasteiger partial charge on any atom is -0.378 e. The van der Waals surface area contributed by atoms with Crippen molar-refractivity contribution in [1.82, 2.24) is 0 Å². The van der Waals surface area contributed by atoms with Crippen molar-refractivity contribution >= 4 is 28.9 Å². The molecule has 0 spiro atoms. The Hall–Kier alpha value is -1.32. The van der Waals surface area contributed by atoms with Crippen molar-refractivity contribution in [2.75, 3.05) is 5.32 Å². The summed E-state index contributed by atoms with van der Waals surface area (Å²) in [6, 6.07) is 9.17. The van der Waals surface area contributed by atoms with E-state index in [1.54, 1.807) is 12.1 Å². The quantitative estimate of drug-likeness (QED) is 0.699. The van der Waals surface area contributed by atoms with Gasteiger partial charge >= 0.3 is 0 Å². The first-order valence-corrected chi connectivity index (χ1v) is 6.93. The van der Waals surface area contributed by atoms with Gasteiger partial charge in [0, 0.05) is 5.69 Å². The molecule has 0 aliphatic rings. The predicted molar refractivity (Wildman–Crippen MR) is 79.5 cm³/mol. The molecule has 0 saturated heterocycles. The van der Waals surface area contributed by atoms with Crippen molar-refractivity contribution < 1.29 is 8.78 Å². The highest BCUT2D eigenvalue weighted by Crippen LogP contribution is 2.30. The van der Waals surface area contributed by atoms with Crippen molar-refractivity contribution in [2.24, 2.45) is 0 Å². The van der Waals surface area contributed by atoms with Crippen LogP contribution in [0, 0.1) is 11.6 Å². The van der Waals surface area contributed by atoms with Gasteiger partial charge in [0.05, 0.1) is 16.1 Å². The van der Waals surface area contributed by atoms with E-state index in [2.05, 4.69) is 5.32 Å². The molecule has 0 aliphatic heterocycles. The van der Waals surface area contributed by atoms with Gasteiger partial charge in [0.1, 0.15) is 5.82 Å². The summed E-state index contributed by atoms with van der Waals surface area (Å²) in [5, 5.41) is 3.15. The van der Waals surface area contributed by atoms with E-state index >= 15 is 0 Å². The summed E-state index contributed by atoms with van der Waals surface area (Å²) in [5.74, 6) is -0.912. The van der Waals surface area contributed by atoms with E-state index in [0.717, 1.165) is 12.0 Å². The van der Waals surface area contributed by atoms with Crippen molar-refractivity contribution in [3.63, 3.8) is 0 Å². The molecule has 1 N–H and O–H groups in total. The largest absolute Gasteiger partial charge is 0.378 e. The first-order valence-electron chi connectivity index (χ1n) is 6.17. The van der Waals surface area contributed by atoms with E-state index in [9.17, 15) is 8.78 Å². The summed E-state index contributed by atoms with van der Waals surface area (Å²) < 4.78 is 26.3. The first kappa shape index (κ1) is 15.1. The fourth-order valence-electron chi connectivity index (χ4n) is 1.96. The van der Waals surface area contributed by atoms with E-state index in [1.807, 2.05) is 6.92 Å². The van der Waals surface area contributed by atoms with Crippen LogP contribution in [-0.2, 0) is 0 Å². The van der Waals surface area contributed by atoms with Crippen LogP contribution in [0.25, 0.3) is 0 Å². The van der Waals surface area contributed by atoms with Crippen LogP contribution < -0.4 is 5.32 Å². The van der Waals surface area contributed by atoms with Gasteiger partial charge in [-0.2, -0.15) is 0 Å². The fraction of sp³-hybridized carbons (Fsp3) is 0.200. The highest BCUT2D eigenvalue weighted by molar-refractivity contribution is 6.35. The van der Waals surface area contributed by atoms with Crippen LogP contribution in [0.15, 0.2) is 36.4 Å². The Labute approximate surface area is 126 Å². The lowest BCUT2D eigenvalue weighted by molar-refractivity contribution is 0.624. The molecule has 1 atom stereocenters. The third-order valence-corrected chi connectivity index (χ3v) is 3.56. The van der Waals surface area contributed by atoms with E-state index in [0.29, 0.717) is 5.69 Å². The zero-order valence-electron chi connectivity index (χ0n) is 10.8. The number of anilines is 1. The Morgan fingerprint density at radius 1 is 1.05 bits per heavy atom. The molecule has 1 nitrogen and oxygen atoms in total. The van der Waals surface area contributed by atoms with Gasteiger partial charge in [0.2, 0.25) is 0 Å². The molecule has 106 valence electrons. The second-order valence-electron chi connectivity index (χ2n) is 4.41. The highest BCUT2D eigenvalue weighted by atomic mass is 35.5. The van der Waals surface area contributed by atoms with Gasteiger partial charge in [-0.05, 0) is 36.2 Å². The molecule has 0 radical (unpaired) electrons. The first-order chi connectivity index (χ1) is 9.51. The average Bonchev–Trinajstić information content (AvgIpc) is 2.43. The Balaban J connectivity index is 2.24. The van der Waals surface area contributed by atoms with Crippen LogP contribution in [-0.4, -0.2) is 0 Å². The van der Waals surface area contributed by atoms with Crippen LogP contribution in [0.4, 0.5) is 14.5 Å². The van der Waals surface area contributed by atoms with Crippen molar-refractivity contribution in [2.45, 2.75) is 19.4 Å². The van der Waals surface area contributed by atoms with Crippen LogP contribution in [0.3, 0.4) is 0 Å². The number of nitrogens with one attached hydrogen (secondary N) is 1. The molecule has 0 aliphatic carbocycles. The van der Waals surface area contributed by atoms with Crippen molar-refractivity contribution in [3.8, 4) is 0 Å². The van der Waals surface area contributed by atoms with Gasteiger partial charge in [0.15, 0.2) is 5.82 Å². The summed E-state index contributed by atoms with van der Waals surface area (Å²) in [5.41, 5.74) is 1.56. The zero-order valence-corrected chi connectivity index (χ0v) is 12.3. The number of halogens is 4. The summed E-state index contributed by atoms with van der Waals surface area (Å²) in [6.07, 6.45) is 0.776. The lowest BCUT2D eigenvalue weighted by Crippen LogP contribution is -2.09. The molecule has 0 heterocycles. The third kappa shape index (κ3) is 3.41. The minimum atomic E-state index is -0.631. The van der Waals surface area contributed by atoms with Gasteiger partial charge in [-0.1, -0.05) is 42.3 Å². The minimum absolute atomic E-state index is 0.0334. The number of rotatable bonds is 4. The topological polar surface area (TPSA) is 12.0 Å². The van der Waals surface area contributed by atoms with Crippen LogP contribution in [0.1, 0.15) is 24.9 Å². The lowest BCUT2D eigenvalue weighted by Gasteiger charge is -2.19. The molecule has 20 heavy (non-hydrogen) atoms. The second kappa shape index (κ2) is 6.42.